The molecule has 11 rings (SSSR count). The van der Waals surface area contributed by atoms with Gasteiger partial charge in [0.1, 0.15) is 8.07 Å². The van der Waals surface area contributed by atoms with Gasteiger partial charge in [0.25, 0.3) is 6.71 Å². The first kappa shape index (κ1) is 32.0. The minimum absolute atomic E-state index is 0.115. The second-order valence-corrected chi connectivity index (χ2v) is 19.8. The lowest BCUT2D eigenvalue weighted by molar-refractivity contribution is 1.23. The van der Waals surface area contributed by atoms with Crippen molar-refractivity contribution in [1.82, 2.24) is 9.97 Å². The van der Waals surface area contributed by atoms with Crippen LogP contribution >= 0.6 is 0 Å². The molecule has 3 aliphatic rings. The number of pyridine rings is 2. The maximum Gasteiger partial charge on any atom is 0.251 e. The van der Waals surface area contributed by atoms with E-state index in [2.05, 4.69) is 181 Å². The van der Waals surface area contributed by atoms with E-state index in [-0.39, 0.29) is 6.71 Å². The molecule has 2 aromatic heterocycles. The number of anilines is 6. The summed E-state index contributed by atoms with van der Waals surface area (Å²) in [5.74, 6) is 0. The van der Waals surface area contributed by atoms with Crippen LogP contribution in [0.5, 0.6) is 0 Å². The predicted octanol–water partition coefficient (Wildman–Crippen LogP) is 9.00. The highest BCUT2D eigenvalue weighted by Gasteiger charge is 2.51. The van der Waals surface area contributed by atoms with E-state index >= 15 is 0 Å². The summed E-state index contributed by atoms with van der Waals surface area (Å²) in [5, 5.41) is 3.04. The Labute approximate surface area is 323 Å². The summed E-state index contributed by atoms with van der Waals surface area (Å²) >= 11 is 0. The van der Waals surface area contributed by atoms with Crippen molar-refractivity contribution in [2.45, 2.75) is 20.0 Å². The van der Waals surface area contributed by atoms with Crippen molar-refractivity contribution in [1.29, 1.82) is 0 Å². The highest BCUT2D eigenvalue weighted by Crippen LogP contribution is 2.48. The predicted molar refractivity (Wildman–Crippen MR) is 234 cm³/mol. The van der Waals surface area contributed by atoms with Gasteiger partial charge in [0.05, 0.1) is 22.8 Å². The molecule has 0 radical (unpaired) electrons. The monoisotopic (exact) mass is 720 g/mol. The van der Waals surface area contributed by atoms with Crippen LogP contribution in [0.25, 0.3) is 33.6 Å². The molecule has 0 bridgehead atoms. The number of aromatic nitrogens is 2. The number of rotatable bonds is 5. The fourth-order valence-corrected chi connectivity index (χ4v) is 12.9. The lowest BCUT2D eigenvalue weighted by Gasteiger charge is -2.50. The Hall–Kier alpha value is -6.50. The van der Waals surface area contributed by atoms with Crippen molar-refractivity contribution in [3.63, 3.8) is 0 Å². The molecule has 0 N–H and O–H groups in total. The van der Waals surface area contributed by atoms with Crippen molar-refractivity contribution in [3.8, 4) is 33.6 Å². The van der Waals surface area contributed by atoms with Gasteiger partial charge in [-0.25, -0.2) is 0 Å². The number of aryl methyl sites for hydroxylation is 1. The molecule has 0 unspecified atom stereocenters. The first-order chi connectivity index (χ1) is 27.0. The summed E-state index contributed by atoms with van der Waals surface area (Å²) < 4.78 is 0. The first-order valence-electron chi connectivity index (χ1n) is 19.1. The van der Waals surface area contributed by atoms with Crippen LogP contribution in [0.3, 0.4) is 0 Å². The van der Waals surface area contributed by atoms with Gasteiger partial charge in [0, 0.05) is 46.3 Å². The first-order valence-corrected chi connectivity index (χ1v) is 22.1. The molecule has 55 heavy (non-hydrogen) atoms. The quantitative estimate of drug-likeness (QED) is 0.166. The van der Waals surface area contributed by atoms with Crippen molar-refractivity contribution in [3.05, 3.63) is 176 Å². The number of para-hydroxylation sites is 2. The highest BCUT2D eigenvalue weighted by atomic mass is 28.3. The largest absolute Gasteiger partial charge is 0.311 e. The molecule has 4 nitrogen and oxygen atoms in total. The lowest BCUT2D eigenvalue weighted by Crippen LogP contribution is -2.79. The highest BCUT2D eigenvalue weighted by molar-refractivity contribution is 7.16. The zero-order valence-electron chi connectivity index (χ0n) is 31.0. The zero-order valence-corrected chi connectivity index (χ0v) is 32.0. The third kappa shape index (κ3) is 4.65. The number of benzene rings is 6. The Morgan fingerprint density at radius 3 is 1.60 bits per heavy atom. The van der Waals surface area contributed by atoms with Crippen LogP contribution in [0.15, 0.2) is 170 Å². The van der Waals surface area contributed by atoms with Gasteiger partial charge in [0.2, 0.25) is 0 Å². The lowest BCUT2D eigenvalue weighted by atomic mass is 9.33. The van der Waals surface area contributed by atoms with E-state index in [1.165, 1.54) is 60.6 Å². The van der Waals surface area contributed by atoms with Crippen LogP contribution in [0.2, 0.25) is 13.1 Å². The van der Waals surface area contributed by atoms with Gasteiger partial charge >= 0.3 is 0 Å². The Morgan fingerprint density at radius 2 is 0.982 bits per heavy atom. The van der Waals surface area contributed by atoms with Crippen LogP contribution in [-0.4, -0.2) is 24.8 Å². The molecule has 8 aromatic rings. The standard InChI is InChI=1S/C49H37BN4Si/c1-32-29-43-47-44(30-32)54(40-21-10-8-18-36(40)38-31-34(26-28-52-38)33-15-5-4-6-16-33)42-23-14-25-46-49(42)50(47)48-41(22-13-24-45(48)55(46,2)3)53(43)39-20-9-7-17-35(39)37-19-11-12-27-51-37/h4-31H,1-3H3. The van der Waals surface area contributed by atoms with Gasteiger partial charge in [-0.3, -0.25) is 9.97 Å². The summed E-state index contributed by atoms with van der Waals surface area (Å²) in [6.07, 6.45) is 3.84. The van der Waals surface area contributed by atoms with E-state index in [1.54, 1.807) is 0 Å². The van der Waals surface area contributed by atoms with E-state index < -0.39 is 8.07 Å². The van der Waals surface area contributed by atoms with Crippen LogP contribution in [-0.2, 0) is 0 Å². The molecule has 0 atom stereocenters. The zero-order chi connectivity index (χ0) is 36.8. The average Bonchev–Trinajstić information content (AvgIpc) is 3.23. The van der Waals surface area contributed by atoms with Crippen LogP contribution in [0.1, 0.15) is 5.56 Å². The van der Waals surface area contributed by atoms with E-state index in [1.807, 2.05) is 18.5 Å². The summed E-state index contributed by atoms with van der Waals surface area (Å²) in [7, 11) is -2.16. The molecule has 0 fully saturated rings. The summed E-state index contributed by atoms with van der Waals surface area (Å²) in [6, 6.07) is 57.7. The third-order valence-electron chi connectivity index (χ3n) is 12.0. The van der Waals surface area contributed by atoms with E-state index in [0.717, 1.165) is 39.5 Å². The third-order valence-corrected chi connectivity index (χ3v) is 15.6. The number of hydrogen-bond acceptors (Lipinski definition) is 4. The van der Waals surface area contributed by atoms with Gasteiger partial charge in [0.15, 0.2) is 0 Å². The van der Waals surface area contributed by atoms with Gasteiger partial charge in [-0.15, -0.1) is 0 Å². The molecule has 3 aliphatic heterocycles. The Kier molecular flexibility index (Phi) is 6.98. The van der Waals surface area contributed by atoms with Crippen molar-refractivity contribution >= 4 is 75.7 Å². The fourth-order valence-electron chi connectivity index (χ4n) is 9.66. The normalized spacial score (nSPS) is 14.1. The molecule has 6 aromatic carbocycles. The Bertz CT molecular complexity index is 2840. The molecule has 0 aliphatic carbocycles. The second kappa shape index (κ2) is 12.0. The SMILES string of the molecule is Cc1cc2c3c(c1)N(c1ccccc1-c1cc(-c4ccccc4)ccn1)c1cccc4c1B3c1c(cccc1[Si]4(C)C)N2c1ccccc1-c1ccccn1. The smallest absolute Gasteiger partial charge is 0.251 e. The summed E-state index contributed by atoms with van der Waals surface area (Å²) in [6.45, 7) is 7.43. The van der Waals surface area contributed by atoms with Gasteiger partial charge in [-0.05, 0) is 101 Å². The summed E-state index contributed by atoms with van der Waals surface area (Å²) in [5.41, 5.74) is 19.2. The molecule has 260 valence electrons. The molecule has 0 spiro atoms. The van der Waals surface area contributed by atoms with Crippen LogP contribution in [0, 0.1) is 6.92 Å². The van der Waals surface area contributed by atoms with E-state index in [9.17, 15) is 0 Å². The summed E-state index contributed by atoms with van der Waals surface area (Å²) in [4.78, 5) is 15.0. The maximum atomic E-state index is 5.02. The maximum absolute atomic E-state index is 5.02. The number of nitrogens with zero attached hydrogens (tertiary/aromatic N) is 4. The Morgan fingerprint density at radius 1 is 0.436 bits per heavy atom. The van der Waals surface area contributed by atoms with Gasteiger partial charge in [-0.2, -0.15) is 0 Å². The van der Waals surface area contributed by atoms with Crippen molar-refractivity contribution < 1.29 is 0 Å². The molecular weight excluding hydrogens is 683 g/mol. The molecule has 5 heterocycles. The van der Waals surface area contributed by atoms with Crippen molar-refractivity contribution in [2.24, 2.45) is 0 Å². The fraction of sp³-hybridized carbons (Fsp3) is 0.0612. The Balaban J connectivity index is 1.22. The second-order valence-electron chi connectivity index (χ2n) is 15.5. The van der Waals surface area contributed by atoms with E-state index in [0.29, 0.717) is 0 Å². The molecule has 6 heteroatoms. The van der Waals surface area contributed by atoms with Gasteiger partial charge in [-0.1, -0.05) is 121 Å². The van der Waals surface area contributed by atoms with E-state index in [4.69, 9.17) is 9.97 Å². The van der Waals surface area contributed by atoms with Crippen LogP contribution < -0.4 is 36.6 Å². The van der Waals surface area contributed by atoms with Gasteiger partial charge < -0.3 is 9.80 Å². The van der Waals surface area contributed by atoms with Crippen molar-refractivity contribution in [2.75, 3.05) is 9.80 Å². The molecular formula is C49H37BN4Si. The average molecular weight is 721 g/mol. The minimum atomic E-state index is -2.16. The van der Waals surface area contributed by atoms with Crippen LogP contribution in [0.4, 0.5) is 34.1 Å². The minimum Gasteiger partial charge on any atom is -0.311 e. The number of hydrogen-bond donors (Lipinski definition) is 0. The molecule has 0 amide bonds. The topological polar surface area (TPSA) is 32.3 Å². The molecule has 0 saturated carbocycles. The molecule has 0 saturated heterocycles.